The molecule has 0 saturated heterocycles. The molecule has 0 fully saturated rings. The second kappa shape index (κ2) is 8.72. The third-order valence-corrected chi connectivity index (χ3v) is 5.52. The average Bonchev–Trinajstić information content (AvgIpc) is 3.33. The van der Waals surface area contributed by atoms with E-state index in [1.807, 2.05) is 89.6 Å². The lowest BCUT2D eigenvalue weighted by molar-refractivity contribution is 0.0699. The molecule has 4 heteroatoms. The van der Waals surface area contributed by atoms with Crippen LogP contribution in [0.4, 0.5) is 0 Å². The van der Waals surface area contributed by atoms with Crippen LogP contribution in [0.2, 0.25) is 0 Å². The van der Waals surface area contributed by atoms with Gasteiger partial charge in [-0.25, -0.2) is 4.79 Å². The first-order valence-corrected chi connectivity index (χ1v) is 10.3. The fourth-order valence-electron chi connectivity index (χ4n) is 3.38. The zero-order valence-corrected chi connectivity index (χ0v) is 16.8. The Kier molecular flexibility index (Phi) is 5.68. The summed E-state index contributed by atoms with van der Waals surface area (Å²) in [4.78, 5) is 23.1. The largest absolute Gasteiger partial charge is 0.478 e. The number of benzene rings is 4. The monoisotopic (exact) mass is 410 g/mol. The highest BCUT2D eigenvalue weighted by atomic mass is 32.1. The molecule has 0 spiro atoms. The third kappa shape index (κ3) is 4.00. The highest BCUT2D eigenvalue weighted by molar-refractivity contribution is 7.08. The maximum Gasteiger partial charge on any atom is 0.336 e. The molecule has 0 aliphatic heterocycles. The summed E-state index contributed by atoms with van der Waals surface area (Å²) in [5.74, 6) is -0.778. The van der Waals surface area contributed by atoms with Gasteiger partial charge >= 0.3 is 5.97 Å². The Bertz CT molecular complexity index is 1330. The van der Waals surface area contributed by atoms with Crippen LogP contribution in [0.1, 0.15) is 26.3 Å². The molecule has 0 unspecified atom stereocenters. The van der Waals surface area contributed by atoms with Gasteiger partial charge in [0.1, 0.15) is 0 Å². The molecule has 0 aliphatic carbocycles. The quantitative estimate of drug-likeness (QED) is 0.338. The molecule has 0 bridgehead atoms. The number of thiophene rings is 1. The third-order valence-electron chi connectivity index (χ3n) is 4.84. The van der Waals surface area contributed by atoms with Crippen molar-refractivity contribution in [3.05, 3.63) is 118 Å². The fraction of sp³-hybridized carbons (Fsp3) is 0. The van der Waals surface area contributed by atoms with E-state index in [0.717, 1.165) is 32.7 Å². The lowest BCUT2D eigenvalue weighted by atomic mass is 9.99. The highest BCUT2D eigenvalue weighted by Crippen LogP contribution is 2.22. The molecule has 0 aliphatic rings. The molecule has 1 heterocycles. The number of carboxylic acid groups (broad SMARTS) is 1. The molecular formula is C26H18O3S. The van der Waals surface area contributed by atoms with Crippen LogP contribution < -0.4 is 0 Å². The number of fused-ring (bicyclic) bond motifs is 2. The molecule has 30 heavy (non-hydrogen) atoms. The van der Waals surface area contributed by atoms with E-state index < -0.39 is 5.97 Å². The SMILES string of the molecule is O=C(O)c1cccc2ccccc12.O=C(c1ccsc1)c1cccc2ccccc12. The number of rotatable bonds is 3. The van der Waals surface area contributed by atoms with E-state index in [-0.39, 0.29) is 5.78 Å². The molecule has 0 atom stereocenters. The minimum atomic E-state index is -0.878. The van der Waals surface area contributed by atoms with Gasteiger partial charge in [0.05, 0.1) is 5.56 Å². The van der Waals surface area contributed by atoms with Crippen molar-refractivity contribution in [1.82, 2.24) is 0 Å². The molecule has 0 radical (unpaired) electrons. The van der Waals surface area contributed by atoms with Crippen LogP contribution >= 0.6 is 11.3 Å². The Morgan fingerprint density at radius 2 is 1.17 bits per heavy atom. The van der Waals surface area contributed by atoms with Gasteiger partial charge in [-0.05, 0) is 39.1 Å². The topological polar surface area (TPSA) is 54.4 Å². The maximum absolute atomic E-state index is 12.3. The Labute approximate surface area is 177 Å². The Morgan fingerprint density at radius 1 is 0.633 bits per heavy atom. The Morgan fingerprint density at radius 3 is 1.73 bits per heavy atom. The summed E-state index contributed by atoms with van der Waals surface area (Å²) >= 11 is 1.55. The van der Waals surface area contributed by atoms with E-state index in [9.17, 15) is 9.59 Å². The van der Waals surface area contributed by atoms with Crippen molar-refractivity contribution in [2.75, 3.05) is 0 Å². The van der Waals surface area contributed by atoms with Crippen molar-refractivity contribution in [3.8, 4) is 0 Å². The van der Waals surface area contributed by atoms with E-state index in [4.69, 9.17) is 5.11 Å². The van der Waals surface area contributed by atoms with Gasteiger partial charge < -0.3 is 5.11 Å². The van der Waals surface area contributed by atoms with Crippen LogP contribution in [-0.2, 0) is 0 Å². The van der Waals surface area contributed by atoms with Crippen LogP contribution in [0.5, 0.6) is 0 Å². The first kappa shape index (κ1) is 19.6. The van der Waals surface area contributed by atoms with Crippen LogP contribution in [0.3, 0.4) is 0 Å². The van der Waals surface area contributed by atoms with Crippen molar-refractivity contribution in [2.24, 2.45) is 0 Å². The van der Waals surface area contributed by atoms with Crippen molar-refractivity contribution < 1.29 is 14.7 Å². The highest BCUT2D eigenvalue weighted by Gasteiger charge is 2.12. The molecule has 0 saturated carbocycles. The first-order chi connectivity index (χ1) is 14.6. The Hall–Kier alpha value is -3.76. The predicted octanol–water partition coefficient (Wildman–Crippen LogP) is 6.67. The zero-order chi connectivity index (χ0) is 20.9. The van der Waals surface area contributed by atoms with E-state index >= 15 is 0 Å². The predicted molar refractivity (Wildman–Crippen MR) is 123 cm³/mol. The zero-order valence-electron chi connectivity index (χ0n) is 16.0. The number of hydrogen-bond acceptors (Lipinski definition) is 3. The van der Waals surface area contributed by atoms with Gasteiger partial charge in [0.25, 0.3) is 0 Å². The summed E-state index contributed by atoms with van der Waals surface area (Å²) in [7, 11) is 0. The van der Waals surface area contributed by atoms with Crippen LogP contribution in [0, 0.1) is 0 Å². The lowest BCUT2D eigenvalue weighted by Crippen LogP contribution is -2.00. The molecule has 5 aromatic rings. The van der Waals surface area contributed by atoms with Crippen LogP contribution in [0.15, 0.2) is 102 Å². The molecule has 1 N–H and O–H groups in total. The van der Waals surface area contributed by atoms with Gasteiger partial charge in [-0.1, -0.05) is 78.9 Å². The molecule has 5 rings (SSSR count). The first-order valence-electron chi connectivity index (χ1n) is 9.41. The maximum atomic E-state index is 12.3. The van der Waals surface area contributed by atoms with Crippen molar-refractivity contribution in [1.29, 1.82) is 0 Å². The molecule has 4 aromatic carbocycles. The van der Waals surface area contributed by atoms with E-state index in [1.54, 1.807) is 23.5 Å². The second-order valence-electron chi connectivity index (χ2n) is 6.70. The summed E-state index contributed by atoms with van der Waals surface area (Å²) in [6.07, 6.45) is 0. The van der Waals surface area contributed by atoms with E-state index in [1.165, 1.54) is 0 Å². The fourth-order valence-corrected chi connectivity index (χ4v) is 4.02. The summed E-state index contributed by atoms with van der Waals surface area (Å²) in [6.45, 7) is 0. The summed E-state index contributed by atoms with van der Waals surface area (Å²) in [5.41, 5.74) is 1.91. The van der Waals surface area contributed by atoms with Crippen molar-refractivity contribution in [3.63, 3.8) is 0 Å². The van der Waals surface area contributed by atoms with E-state index in [2.05, 4.69) is 0 Å². The molecule has 3 nitrogen and oxygen atoms in total. The molecule has 1 aromatic heterocycles. The van der Waals surface area contributed by atoms with Gasteiger partial charge in [0.2, 0.25) is 0 Å². The normalized spacial score (nSPS) is 10.4. The van der Waals surface area contributed by atoms with Gasteiger partial charge in [-0.15, -0.1) is 0 Å². The number of hydrogen-bond donors (Lipinski definition) is 1. The number of carbonyl (C=O) groups excluding carboxylic acids is 1. The number of carbonyl (C=O) groups is 2. The van der Waals surface area contributed by atoms with Gasteiger partial charge in [0, 0.05) is 16.5 Å². The van der Waals surface area contributed by atoms with Crippen LogP contribution in [0.25, 0.3) is 21.5 Å². The number of ketones is 1. The lowest BCUT2D eigenvalue weighted by Gasteiger charge is -2.04. The van der Waals surface area contributed by atoms with Gasteiger partial charge in [-0.2, -0.15) is 11.3 Å². The van der Waals surface area contributed by atoms with Crippen LogP contribution in [-0.4, -0.2) is 16.9 Å². The summed E-state index contributed by atoms with van der Waals surface area (Å²) < 4.78 is 0. The minimum Gasteiger partial charge on any atom is -0.478 e. The molecule has 0 amide bonds. The van der Waals surface area contributed by atoms with Gasteiger partial charge in [0.15, 0.2) is 5.78 Å². The van der Waals surface area contributed by atoms with Gasteiger partial charge in [-0.3, -0.25) is 4.79 Å². The average molecular weight is 410 g/mol. The molecular weight excluding hydrogens is 392 g/mol. The minimum absolute atomic E-state index is 0.100. The second-order valence-corrected chi connectivity index (χ2v) is 7.48. The summed E-state index contributed by atoms with van der Waals surface area (Å²) in [6, 6.07) is 28.4. The number of carboxylic acids is 1. The smallest absolute Gasteiger partial charge is 0.336 e. The van der Waals surface area contributed by atoms with Crippen molar-refractivity contribution in [2.45, 2.75) is 0 Å². The van der Waals surface area contributed by atoms with E-state index in [0.29, 0.717) is 5.56 Å². The standard InChI is InChI=1S/C15H10OS.C11H8O2/c16-15(12-8-9-17-10-12)14-7-3-5-11-4-1-2-6-13(11)14;12-11(13)10-7-3-5-8-4-1-2-6-9(8)10/h1-10H;1-7H,(H,12,13). The summed E-state index contributed by atoms with van der Waals surface area (Å²) in [5, 5.41) is 16.6. The van der Waals surface area contributed by atoms with Crippen molar-refractivity contribution >= 4 is 44.6 Å². The Balaban J connectivity index is 0.000000151. The molecule has 146 valence electrons. The number of aromatic carboxylic acids is 1.